The van der Waals surface area contributed by atoms with Gasteiger partial charge in [-0.1, -0.05) is 23.2 Å². The molecule has 4 rings (SSSR count). The number of piperidine rings is 2. The lowest BCUT2D eigenvalue weighted by molar-refractivity contribution is -0.136. The average molecular weight is 540 g/mol. The number of aryl methyl sites for hydroxylation is 1. The second-order valence-electron chi connectivity index (χ2n) is 9.71. The van der Waals surface area contributed by atoms with Crippen LogP contribution < -0.4 is 4.74 Å². The van der Waals surface area contributed by atoms with Crippen molar-refractivity contribution in [2.45, 2.75) is 50.3 Å². The molecule has 35 heavy (non-hydrogen) atoms. The third kappa shape index (κ3) is 6.31. The number of hydrogen-bond acceptors (Lipinski definition) is 4. The predicted molar refractivity (Wildman–Crippen MR) is 139 cm³/mol. The normalized spacial score (nSPS) is 21.6. The maximum Gasteiger partial charge on any atom is 0.243 e. The maximum atomic E-state index is 13.5. The van der Waals surface area contributed by atoms with E-state index in [1.807, 2.05) is 17.9 Å². The number of nitrogens with zero attached hydrogens (tertiary/aromatic N) is 2. The van der Waals surface area contributed by atoms with Gasteiger partial charge in [0.1, 0.15) is 5.75 Å². The van der Waals surface area contributed by atoms with Crippen LogP contribution in [0.3, 0.4) is 0 Å². The van der Waals surface area contributed by atoms with E-state index >= 15 is 0 Å². The Morgan fingerprint density at radius 1 is 1.00 bits per heavy atom. The van der Waals surface area contributed by atoms with Gasteiger partial charge in [0.25, 0.3) is 0 Å². The minimum atomic E-state index is -3.73. The Morgan fingerprint density at radius 2 is 1.71 bits per heavy atom. The quantitative estimate of drug-likeness (QED) is 0.463. The largest absolute Gasteiger partial charge is 0.493 e. The van der Waals surface area contributed by atoms with Gasteiger partial charge in [-0.25, -0.2) is 8.42 Å². The van der Waals surface area contributed by atoms with Crippen LogP contribution in [0.1, 0.15) is 44.1 Å². The maximum absolute atomic E-state index is 13.5. The van der Waals surface area contributed by atoms with Crippen molar-refractivity contribution in [2.24, 2.45) is 5.41 Å². The first-order valence-electron chi connectivity index (χ1n) is 12.1. The van der Waals surface area contributed by atoms with E-state index in [1.165, 1.54) is 16.4 Å². The smallest absolute Gasteiger partial charge is 0.243 e. The molecule has 2 aliphatic heterocycles. The SMILES string of the molecule is Cc1cc(OC[C@@]2(CC(=O)N3CCCCC3)CCCN(S(=O)(=O)c3ccc(Cl)cc3)C2)ccc1Cl. The van der Waals surface area contributed by atoms with E-state index in [0.717, 1.165) is 37.9 Å². The lowest BCUT2D eigenvalue weighted by atomic mass is 9.78. The highest BCUT2D eigenvalue weighted by Gasteiger charge is 2.43. The zero-order chi connectivity index (χ0) is 25.1. The summed E-state index contributed by atoms with van der Waals surface area (Å²) in [5.41, 5.74) is 0.276. The first-order valence-corrected chi connectivity index (χ1v) is 14.3. The molecule has 1 amide bonds. The summed E-state index contributed by atoms with van der Waals surface area (Å²) in [6.45, 7) is 4.32. The number of ether oxygens (including phenoxy) is 1. The van der Waals surface area contributed by atoms with E-state index in [-0.39, 0.29) is 30.4 Å². The fraction of sp³-hybridized carbons (Fsp3) is 0.500. The molecule has 0 radical (unpaired) electrons. The number of carbonyl (C=O) groups excluding carboxylic acids is 1. The van der Waals surface area contributed by atoms with Gasteiger partial charge in [0, 0.05) is 48.1 Å². The molecule has 0 aliphatic carbocycles. The molecule has 2 aliphatic rings. The molecule has 0 unspecified atom stereocenters. The molecule has 6 nitrogen and oxygen atoms in total. The number of halogens is 2. The van der Waals surface area contributed by atoms with Crippen LogP contribution in [0.4, 0.5) is 0 Å². The molecule has 190 valence electrons. The van der Waals surface area contributed by atoms with Crippen molar-refractivity contribution in [3.05, 3.63) is 58.1 Å². The summed E-state index contributed by atoms with van der Waals surface area (Å²) >= 11 is 12.1. The molecular formula is C26H32Cl2N2O4S. The molecule has 0 spiro atoms. The Kier molecular flexibility index (Phi) is 8.31. The summed E-state index contributed by atoms with van der Waals surface area (Å²) in [4.78, 5) is 15.4. The van der Waals surface area contributed by atoms with Crippen molar-refractivity contribution in [3.8, 4) is 5.75 Å². The molecule has 2 aromatic rings. The third-order valence-corrected chi connectivity index (χ3v) is 9.52. The van der Waals surface area contributed by atoms with Crippen LogP contribution >= 0.6 is 23.2 Å². The van der Waals surface area contributed by atoms with Crippen molar-refractivity contribution in [1.82, 2.24) is 9.21 Å². The van der Waals surface area contributed by atoms with Crippen molar-refractivity contribution < 1.29 is 17.9 Å². The summed E-state index contributed by atoms with van der Waals surface area (Å²) in [5, 5.41) is 1.14. The lowest BCUT2D eigenvalue weighted by Gasteiger charge is -2.42. The highest BCUT2D eigenvalue weighted by Crippen LogP contribution is 2.38. The van der Waals surface area contributed by atoms with Crippen molar-refractivity contribution in [3.63, 3.8) is 0 Å². The van der Waals surface area contributed by atoms with E-state index in [9.17, 15) is 13.2 Å². The van der Waals surface area contributed by atoms with Gasteiger partial charge in [0.15, 0.2) is 0 Å². The van der Waals surface area contributed by atoms with Gasteiger partial charge < -0.3 is 9.64 Å². The minimum absolute atomic E-state index is 0.0753. The lowest BCUT2D eigenvalue weighted by Crippen LogP contribution is -2.51. The van der Waals surface area contributed by atoms with Gasteiger partial charge >= 0.3 is 0 Å². The van der Waals surface area contributed by atoms with Gasteiger partial charge in [0.2, 0.25) is 15.9 Å². The molecule has 9 heteroatoms. The van der Waals surface area contributed by atoms with Crippen LogP contribution in [0.2, 0.25) is 10.0 Å². The van der Waals surface area contributed by atoms with E-state index in [0.29, 0.717) is 35.2 Å². The Labute approximate surface area is 218 Å². The van der Waals surface area contributed by atoms with Crippen molar-refractivity contribution in [2.75, 3.05) is 32.8 Å². The summed E-state index contributed by atoms with van der Waals surface area (Å²) in [6.07, 6.45) is 4.79. The zero-order valence-electron chi connectivity index (χ0n) is 20.0. The highest BCUT2D eigenvalue weighted by molar-refractivity contribution is 7.89. The monoisotopic (exact) mass is 538 g/mol. The van der Waals surface area contributed by atoms with Gasteiger partial charge in [-0.2, -0.15) is 4.31 Å². The molecule has 0 saturated carbocycles. The summed E-state index contributed by atoms with van der Waals surface area (Å²) in [5.74, 6) is 0.737. The number of benzene rings is 2. The predicted octanol–water partition coefficient (Wildman–Crippen LogP) is 5.55. The van der Waals surface area contributed by atoms with Crippen LogP contribution in [0, 0.1) is 12.3 Å². The van der Waals surface area contributed by atoms with E-state index < -0.39 is 15.4 Å². The Bertz CT molecular complexity index is 1150. The summed E-state index contributed by atoms with van der Waals surface area (Å²) in [7, 11) is -3.73. The summed E-state index contributed by atoms with van der Waals surface area (Å²) in [6, 6.07) is 11.7. The second kappa shape index (κ2) is 11.1. The van der Waals surface area contributed by atoms with E-state index in [1.54, 1.807) is 24.3 Å². The van der Waals surface area contributed by atoms with Crippen LogP contribution in [-0.2, 0) is 14.8 Å². The Balaban J connectivity index is 1.58. The molecular weight excluding hydrogens is 507 g/mol. The Morgan fingerprint density at radius 3 is 2.40 bits per heavy atom. The molecule has 0 aromatic heterocycles. The first kappa shape index (κ1) is 26.3. The molecule has 0 bridgehead atoms. The fourth-order valence-electron chi connectivity index (χ4n) is 4.96. The number of sulfonamides is 1. The van der Waals surface area contributed by atoms with Crippen molar-refractivity contribution >= 4 is 39.1 Å². The van der Waals surface area contributed by atoms with Crippen LogP contribution in [0.15, 0.2) is 47.4 Å². The average Bonchev–Trinajstić information content (AvgIpc) is 2.86. The van der Waals surface area contributed by atoms with Crippen LogP contribution in [0.5, 0.6) is 5.75 Å². The molecule has 0 N–H and O–H groups in total. The van der Waals surface area contributed by atoms with E-state index in [2.05, 4.69) is 0 Å². The molecule has 2 aromatic carbocycles. The molecule has 2 fully saturated rings. The zero-order valence-corrected chi connectivity index (χ0v) is 22.3. The second-order valence-corrected chi connectivity index (χ2v) is 12.5. The summed E-state index contributed by atoms with van der Waals surface area (Å²) < 4.78 is 34.6. The minimum Gasteiger partial charge on any atom is -0.493 e. The van der Waals surface area contributed by atoms with Gasteiger partial charge in [-0.3, -0.25) is 4.79 Å². The molecule has 2 heterocycles. The molecule has 1 atom stereocenters. The number of hydrogen-bond donors (Lipinski definition) is 0. The van der Waals surface area contributed by atoms with E-state index in [4.69, 9.17) is 27.9 Å². The van der Waals surface area contributed by atoms with Gasteiger partial charge in [-0.05, 0) is 87.1 Å². The van der Waals surface area contributed by atoms with Gasteiger partial charge in [-0.15, -0.1) is 0 Å². The highest BCUT2D eigenvalue weighted by atomic mass is 35.5. The Hall–Kier alpha value is -1.80. The third-order valence-electron chi connectivity index (χ3n) is 6.99. The number of likely N-dealkylation sites (tertiary alicyclic amines) is 1. The number of rotatable bonds is 7. The fourth-order valence-corrected chi connectivity index (χ4v) is 6.79. The van der Waals surface area contributed by atoms with Crippen LogP contribution in [-0.4, -0.2) is 56.3 Å². The number of carbonyl (C=O) groups is 1. The van der Waals surface area contributed by atoms with Crippen molar-refractivity contribution in [1.29, 1.82) is 0 Å². The number of amides is 1. The first-order chi connectivity index (χ1) is 16.7. The topological polar surface area (TPSA) is 66.9 Å². The molecule has 2 saturated heterocycles. The van der Waals surface area contributed by atoms with Crippen LogP contribution in [0.25, 0.3) is 0 Å². The van der Waals surface area contributed by atoms with Gasteiger partial charge in [0.05, 0.1) is 11.5 Å². The standard InChI is InChI=1S/C26H32Cl2N2O4S/c1-20-16-22(8-11-24(20)28)34-19-26(17-25(31)29-13-3-2-4-14-29)12-5-15-30(18-26)35(32,33)23-9-6-21(27)7-10-23/h6-11,16H,2-5,12-15,17-19H2,1H3/t26-/m1/s1.